The summed E-state index contributed by atoms with van der Waals surface area (Å²) in [5.41, 5.74) is 2.04. The van der Waals surface area contributed by atoms with Crippen LogP contribution in [0.5, 0.6) is 0 Å². The highest BCUT2D eigenvalue weighted by Crippen LogP contribution is 2.28. The van der Waals surface area contributed by atoms with Gasteiger partial charge < -0.3 is 4.74 Å². The van der Waals surface area contributed by atoms with Gasteiger partial charge >= 0.3 is 12.0 Å². The van der Waals surface area contributed by atoms with Gasteiger partial charge in [-0.25, -0.2) is 9.18 Å². The van der Waals surface area contributed by atoms with Crippen LogP contribution in [0.3, 0.4) is 0 Å². The molecule has 1 saturated heterocycles. The molecule has 1 fully saturated rings. The van der Waals surface area contributed by atoms with E-state index in [0.717, 1.165) is 0 Å². The number of urea groups is 1. The standard InChI is InChI=1S/C20H18FN3O3/c1-27-19(25)9-5-14-4-8-18(17(21)12-14)24-11-10-23(20(24)26)16-6-2-15(13-22)3-7-16/h2-4,6-8,12H,5,9-11H2,1H3. The number of methoxy groups -OCH3 is 1. The number of nitrogens with zero attached hydrogens (tertiary/aromatic N) is 3. The topological polar surface area (TPSA) is 73.6 Å². The zero-order valence-corrected chi connectivity index (χ0v) is 14.8. The maximum atomic E-state index is 14.5. The number of amides is 2. The summed E-state index contributed by atoms with van der Waals surface area (Å²) in [6.07, 6.45) is 0.541. The molecule has 0 aromatic heterocycles. The number of halogens is 1. The zero-order valence-electron chi connectivity index (χ0n) is 14.8. The van der Waals surface area contributed by atoms with Gasteiger partial charge in [-0.1, -0.05) is 6.07 Å². The summed E-state index contributed by atoms with van der Waals surface area (Å²) in [6.45, 7) is 0.783. The molecule has 0 radical (unpaired) electrons. The summed E-state index contributed by atoms with van der Waals surface area (Å²) in [6, 6.07) is 13.0. The fraction of sp³-hybridized carbons (Fsp3) is 0.250. The average Bonchev–Trinajstić information content (AvgIpc) is 3.07. The molecule has 2 amide bonds. The van der Waals surface area contributed by atoms with Gasteiger partial charge in [0.05, 0.1) is 24.4 Å². The van der Waals surface area contributed by atoms with Crippen LogP contribution in [0.15, 0.2) is 42.5 Å². The second kappa shape index (κ2) is 7.87. The number of nitriles is 1. The van der Waals surface area contributed by atoms with E-state index in [1.54, 1.807) is 41.3 Å². The Labute approximate surface area is 156 Å². The third-order valence-electron chi connectivity index (χ3n) is 4.47. The number of benzene rings is 2. The molecule has 2 aromatic carbocycles. The van der Waals surface area contributed by atoms with Crippen molar-refractivity contribution in [3.63, 3.8) is 0 Å². The molecular formula is C20H18FN3O3. The number of carbonyl (C=O) groups excluding carboxylic acids is 2. The highest BCUT2D eigenvalue weighted by molar-refractivity contribution is 6.06. The Bertz CT molecular complexity index is 906. The SMILES string of the molecule is COC(=O)CCc1ccc(N2CCN(c3ccc(C#N)cc3)C2=O)c(F)c1. The Morgan fingerprint density at radius 3 is 2.52 bits per heavy atom. The molecule has 6 nitrogen and oxygen atoms in total. The summed E-state index contributed by atoms with van der Waals surface area (Å²) in [4.78, 5) is 26.9. The number of ether oxygens (including phenoxy) is 1. The first kappa shape index (κ1) is 18.4. The van der Waals surface area contributed by atoms with Gasteiger partial charge in [0, 0.05) is 25.2 Å². The van der Waals surface area contributed by atoms with Gasteiger partial charge in [0.2, 0.25) is 0 Å². The van der Waals surface area contributed by atoms with E-state index in [4.69, 9.17) is 5.26 Å². The summed E-state index contributed by atoms with van der Waals surface area (Å²) in [5.74, 6) is -0.861. The molecule has 0 bridgehead atoms. The van der Waals surface area contributed by atoms with E-state index in [0.29, 0.717) is 36.3 Å². The smallest absolute Gasteiger partial charge is 0.329 e. The Morgan fingerprint density at radius 2 is 1.89 bits per heavy atom. The molecule has 1 aliphatic rings. The van der Waals surface area contributed by atoms with E-state index in [2.05, 4.69) is 4.74 Å². The average molecular weight is 367 g/mol. The highest BCUT2D eigenvalue weighted by Gasteiger charge is 2.32. The Balaban J connectivity index is 1.74. The first-order valence-corrected chi connectivity index (χ1v) is 8.48. The number of aryl methyl sites for hydroxylation is 1. The number of anilines is 2. The summed E-state index contributed by atoms with van der Waals surface area (Å²) >= 11 is 0. The zero-order chi connectivity index (χ0) is 19.4. The summed E-state index contributed by atoms with van der Waals surface area (Å²) in [7, 11) is 1.31. The van der Waals surface area contributed by atoms with Crippen LogP contribution in [0, 0.1) is 17.1 Å². The Kier molecular flexibility index (Phi) is 5.36. The molecule has 0 atom stereocenters. The first-order chi connectivity index (χ1) is 13.0. The van der Waals surface area contributed by atoms with Gasteiger partial charge in [-0.2, -0.15) is 5.26 Å². The molecule has 7 heteroatoms. The maximum Gasteiger partial charge on any atom is 0.329 e. The van der Waals surface area contributed by atoms with Crippen molar-refractivity contribution in [2.75, 3.05) is 30.0 Å². The largest absolute Gasteiger partial charge is 0.469 e. The van der Waals surface area contributed by atoms with Crippen LogP contribution in [-0.4, -0.2) is 32.2 Å². The van der Waals surface area contributed by atoms with Crippen LogP contribution in [-0.2, 0) is 16.0 Å². The number of hydrogen-bond donors (Lipinski definition) is 0. The fourth-order valence-corrected chi connectivity index (χ4v) is 2.99. The minimum Gasteiger partial charge on any atom is -0.469 e. The molecule has 0 aliphatic carbocycles. The molecule has 0 unspecified atom stereocenters. The second-order valence-electron chi connectivity index (χ2n) is 6.11. The van der Waals surface area contributed by atoms with Crippen LogP contribution < -0.4 is 9.80 Å². The lowest BCUT2D eigenvalue weighted by Crippen LogP contribution is -2.32. The van der Waals surface area contributed by atoms with Crippen LogP contribution in [0.4, 0.5) is 20.6 Å². The minimum atomic E-state index is -0.507. The molecule has 2 aromatic rings. The lowest BCUT2D eigenvalue weighted by molar-refractivity contribution is -0.140. The van der Waals surface area contributed by atoms with Gasteiger partial charge in [0.15, 0.2) is 0 Å². The van der Waals surface area contributed by atoms with Gasteiger partial charge in [0.1, 0.15) is 5.82 Å². The second-order valence-corrected chi connectivity index (χ2v) is 6.11. The van der Waals surface area contributed by atoms with Crippen molar-refractivity contribution in [3.8, 4) is 6.07 Å². The number of esters is 1. The number of hydrogen-bond acceptors (Lipinski definition) is 4. The molecule has 0 N–H and O–H groups in total. The van der Waals surface area contributed by atoms with Crippen molar-refractivity contribution in [2.24, 2.45) is 0 Å². The van der Waals surface area contributed by atoms with E-state index in [1.165, 1.54) is 18.1 Å². The van der Waals surface area contributed by atoms with E-state index >= 15 is 0 Å². The van der Waals surface area contributed by atoms with Crippen LogP contribution in [0.25, 0.3) is 0 Å². The van der Waals surface area contributed by atoms with Crippen LogP contribution >= 0.6 is 0 Å². The van der Waals surface area contributed by atoms with Crippen molar-refractivity contribution in [2.45, 2.75) is 12.8 Å². The Hall–Kier alpha value is -3.40. The minimum absolute atomic E-state index is 0.171. The molecule has 1 aliphatic heterocycles. The van der Waals surface area contributed by atoms with E-state index in [9.17, 15) is 14.0 Å². The molecular weight excluding hydrogens is 349 g/mol. The van der Waals surface area contributed by atoms with E-state index in [1.807, 2.05) is 6.07 Å². The summed E-state index contributed by atoms with van der Waals surface area (Å²) < 4.78 is 19.1. The van der Waals surface area contributed by atoms with E-state index in [-0.39, 0.29) is 24.1 Å². The normalized spacial score (nSPS) is 13.6. The quantitative estimate of drug-likeness (QED) is 0.761. The Morgan fingerprint density at radius 1 is 1.19 bits per heavy atom. The van der Waals surface area contributed by atoms with Gasteiger partial charge in [-0.15, -0.1) is 0 Å². The van der Waals surface area contributed by atoms with Crippen molar-refractivity contribution < 1.29 is 18.7 Å². The van der Waals surface area contributed by atoms with Gasteiger partial charge in [-0.3, -0.25) is 14.6 Å². The van der Waals surface area contributed by atoms with Crippen molar-refractivity contribution in [3.05, 3.63) is 59.4 Å². The molecule has 138 valence electrons. The fourth-order valence-electron chi connectivity index (χ4n) is 2.99. The summed E-state index contributed by atoms with van der Waals surface area (Å²) in [5, 5.41) is 8.87. The van der Waals surface area contributed by atoms with Crippen molar-refractivity contribution in [1.82, 2.24) is 0 Å². The molecule has 3 rings (SSSR count). The molecule has 27 heavy (non-hydrogen) atoms. The predicted molar refractivity (Wildman–Crippen MR) is 98.0 cm³/mol. The molecule has 1 heterocycles. The van der Waals surface area contributed by atoms with Crippen molar-refractivity contribution in [1.29, 1.82) is 5.26 Å². The monoisotopic (exact) mass is 367 g/mol. The third kappa shape index (κ3) is 3.90. The maximum absolute atomic E-state index is 14.5. The van der Waals surface area contributed by atoms with E-state index < -0.39 is 5.82 Å². The molecule has 0 saturated carbocycles. The third-order valence-corrected chi connectivity index (χ3v) is 4.47. The van der Waals surface area contributed by atoms with Crippen LogP contribution in [0.1, 0.15) is 17.5 Å². The van der Waals surface area contributed by atoms with Gasteiger partial charge in [-0.05, 0) is 48.4 Å². The highest BCUT2D eigenvalue weighted by atomic mass is 19.1. The number of rotatable bonds is 5. The number of carbonyl (C=O) groups is 2. The first-order valence-electron chi connectivity index (χ1n) is 8.48. The van der Waals surface area contributed by atoms with Crippen molar-refractivity contribution >= 4 is 23.4 Å². The predicted octanol–water partition coefficient (Wildman–Crippen LogP) is 3.25. The lowest BCUT2D eigenvalue weighted by atomic mass is 10.1. The van der Waals surface area contributed by atoms with Crippen LogP contribution in [0.2, 0.25) is 0 Å². The molecule has 0 spiro atoms. The lowest BCUT2D eigenvalue weighted by Gasteiger charge is -2.19. The van der Waals surface area contributed by atoms with Gasteiger partial charge in [0.25, 0.3) is 0 Å².